The van der Waals surface area contributed by atoms with Crippen molar-refractivity contribution in [1.29, 1.82) is 0 Å². The number of rotatable bonds is 6. The van der Waals surface area contributed by atoms with Crippen molar-refractivity contribution in [3.05, 3.63) is 0 Å². The van der Waals surface area contributed by atoms with Crippen LogP contribution >= 0.6 is 47.9 Å². The second-order valence-electron chi connectivity index (χ2n) is 3.00. The summed E-state index contributed by atoms with van der Waals surface area (Å²) in [5.74, 6) is 0. The van der Waals surface area contributed by atoms with Gasteiger partial charge in [0.15, 0.2) is 0 Å². The third-order valence-corrected chi connectivity index (χ3v) is 1.52. The van der Waals surface area contributed by atoms with Crippen molar-refractivity contribution < 1.29 is 5.32 Å². The Balaban J connectivity index is 0. The minimum atomic E-state index is -2.03. The summed E-state index contributed by atoms with van der Waals surface area (Å²) in [4.78, 5) is 0. The Kier molecular flexibility index (Phi) is 19.0. The van der Waals surface area contributed by atoms with Crippen LogP contribution in [0.1, 0.15) is 39.5 Å². The summed E-state index contributed by atoms with van der Waals surface area (Å²) < 4.78 is 0. The molecular weight excluding hydrogens is 637 g/mol. The Labute approximate surface area is 115 Å². The topological polar surface area (TPSA) is 16.6 Å². The molecule has 0 spiro atoms. The molecule has 0 saturated heterocycles. The van der Waals surface area contributed by atoms with Gasteiger partial charge in [0.2, 0.25) is 0 Å². The first-order valence-corrected chi connectivity index (χ1v) is 38.7. The maximum atomic E-state index is 3.35. The molecule has 88 valence electrons. The fraction of sp³-hybridized carbons (Fsp3) is 1.00. The maximum absolute atomic E-state index is 3.35. The Morgan fingerprint density at radius 3 is 1.36 bits per heavy atom. The van der Waals surface area contributed by atoms with Crippen LogP contribution in [0.15, 0.2) is 0 Å². The molecule has 0 aliphatic carbocycles. The summed E-state index contributed by atoms with van der Waals surface area (Å²) in [6.45, 7) is 7.15. The fourth-order valence-corrected chi connectivity index (χ4v) is 0.841. The zero-order valence-corrected chi connectivity index (χ0v) is 19.1. The van der Waals surface area contributed by atoms with Crippen molar-refractivity contribution in [2.45, 2.75) is 39.5 Å². The molecule has 0 radical (unpaired) electrons. The van der Waals surface area contributed by atoms with Crippen molar-refractivity contribution in [2.24, 2.45) is 0 Å². The molecule has 0 heterocycles. The van der Waals surface area contributed by atoms with Crippen LogP contribution in [0.25, 0.3) is 0 Å². The van der Waals surface area contributed by atoms with Gasteiger partial charge in [-0.3, -0.25) is 0 Å². The van der Waals surface area contributed by atoms with E-state index in [0.717, 1.165) is 0 Å². The molecule has 2 N–H and O–H groups in total. The molecule has 0 aromatic rings. The third kappa shape index (κ3) is 36.4. The van der Waals surface area contributed by atoms with Gasteiger partial charge in [-0.2, -0.15) is 0 Å². The number of hydrogen-bond donors (Lipinski definition) is 1. The molecule has 1 nitrogen and oxygen atoms in total. The van der Waals surface area contributed by atoms with E-state index in [4.69, 9.17) is 0 Å². The van der Waals surface area contributed by atoms with E-state index in [1.807, 2.05) is 0 Å². The second kappa shape index (κ2) is 13.9. The molecule has 0 fully saturated rings. The number of hydrogen-bond acceptors (Lipinski definition) is 0. The standard InChI is InChI=1S/C8H19N.4BrH.Pb/c1-3-5-7-9-8-6-4-2;;;;;/h9H,3-8H2,1-2H3;4*1H;/q;;;;;+4/p-3. The second-order valence-corrected chi connectivity index (χ2v) is 104. The monoisotopic (exact) mass is 654 g/mol. The molecule has 0 aromatic carbocycles. The van der Waals surface area contributed by atoms with E-state index in [0.29, 0.717) is 0 Å². The first kappa shape index (κ1) is 19.1. The molecule has 0 aliphatic rings. The molecule has 0 unspecified atom stereocenters. The number of unbranched alkanes of at least 4 members (excludes halogenated alkanes) is 2. The van der Waals surface area contributed by atoms with E-state index < -0.39 is 11.5 Å². The van der Waals surface area contributed by atoms with E-state index in [1.54, 1.807) is 0 Å². The summed E-state index contributed by atoms with van der Waals surface area (Å²) in [6, 6.07) is 0. The Hall–Kier alpha value is 2.80. The van der Waals surface area contributed by atoms with Crippen molar-refractivity contribution in [3.63, 3.8) is 0 Å². The summed E-state index contributed by atoms with van der Waals surface area (Å²) >= 11 is 11.4. The minimum absolute atomic E-state index is 1.33. The summed E-state index contributed by atoms with van der Waals surface area (Å²) in [5.41, 5.74) is 0. The van der Waals surface area contributed by atoms with E-state index >= 15 is 0 Å². The average Bonchev–Trinajstić information content (AvgIpc) is 2.01. The summed E-state index contributed by atoms with van der Waals surface area (Å²) in [5, 5.41) is 2.42. The van der Waals surface area contributed by atoms with Gasteiger partial charge < -0.3 is 5.32 Å². The van der Waals surface area contributed by atoms with Gasteiger partial charge in [-0.15, -0.1) is 0 Å². The Bertz CT molecular complexity index is 96.0. The van der Waals surface area contributed by atoms with Crippen LogP contribution in [-0.2, 0) is 0 Å². The Morgan fingerprint density at radius 2 is 1.14 bits per heavy atom. The fourth-order valence-electron chi connectivity index (χ4n) is 0.841. The number of nitrogens with two attached hydrogens (primary N) is 1. The molecule has 0 saturated carbocycles. The van der Waals surface area contributed by atoms with Crippen LogP contribution < -0.4 is 5.32 Å². The van der Waals surface area contributed by atoms with E-state index in [-0.39, 0.29) is 0 Å². The van der Waals surface area contributed by atoms with E-state index in [2.05, 4.69) is 67.1 Å². The van der Waals surface area contributed by atoms with Crippen LogP contribution in [0.3, 0.4) is 0 Å². The van der Waals surface area contributed by atoms with Gasteiger partial charge in [-0.05, 0) is 12.8 Å². The number of quaternary nitrogens is 1. The van der Waals surface area contributed by atoms with Crippen molar-refractivity contribution >= 4 is 59.5 Å². The molecular formula is C8H20Br4NPb+. The molecule has 0 rings (SSSR count). The molecule has 0 atom stereocenters. The third-order valence-electron chi connectivity index (χ3n) is 1.52. The SMILES string of the molecule is CCCC[NH2+]CCCC.[Br][Pb]([Br])([Br])[Br]. The normalized spacial score (nSPS) is 10.7. The van der Waals surface area contributed by atoms with Gasteiger partial charge in [0.1, 0.15) is 0 Å². The van der Waals surface area contributed by atoms with E-state index in [1.165, 1.54) is 38.8 Å². The summed E-state index contributed by atoms with van der Waals surface area (Å²) in [6.07, 6.45) is 5.43. The van der Waals surface area contributed by atoms with Gasteiger partial charge >= 0.3 is 59.5 Å². The zero-order chi connectivity index (χ0) is 11.4. The van der Waals surface area contributed by atoms with Gasteiger partial charge in [0, 0.05) is 0 Å². The predicted molar refractivity (Wildman–Crippen MR) is 82.9 cm³/mol. The molecule has 14 heavy (non-hydrogen) atoms. The van der Waals surface area contributed by atoms with Crippen LogP contribution in [-0.4, -0.2) is 24.6 Å². The molecule has 0 bridgehead atoms. The van der Waals surface area contributed by atoms with Crippen LogP contribution in [0, 0.1) is 0 Å². The van der Waals surface area contributed by atoms with Gasteiger partial charge in [0.25, 0.3) is 0 Å². The average molecular weight is 657 g/mol. The number of halogens is 4. The predicted octanol–water partition coefficient (Wildman–Crippen LogP) is 4.15. The van der Waals surface area contributed by atoms with E-state index in [9.17, 15) is 0 Å². The first-order chi connectivity index (χ1) is 6.41. The molecule has 0 aromatic heterocycles. The molecule has 0 aliphatic heterocycles. The van der Waals surface area contributed by atoms with Gasteiger partial charge in [-0.25, -0.2) is 0 Å². The van der Waals surface area contributed by atoms with Gasteiger partial charge in [0.05, 0.1) is 13.1 Å². The molecule has 6 heteroatoms. The van der Waals surface area contributed by atoms with Crippen LogP contribution in [0.2, 0.25) is 0 Å². The van der Waals surface area contributed by atoms with Crippen molar-refractivity contribution in [2.75, 3.05) is 13.1 Å². The van der Waals surface area contributed by atoms with Crippen molar-refractivity contribution in [1.82, 2.24) is 0 Å². The Morgan fingerprint density at radius 1 is 0.857 bits per heavy atom. The van der Waals surface area contributed by atoms with Crippen LogP contribution in [0.5, 0.6) is 0 Å². The molecule has 0 amide bonds. The summed E-state index contributed by atoms with van der Waals surface area (Å²) in [7, 11) is 0. The quantitative estimate of drug-likeness (QED) is 0.327. The zero-order valence-electron chi connectivity index (χ0n) is 8.83. The van der Waals surface area contributed by atoms with Crippen LogP contribution in [0.4, 0.5) is 0 Å². The van der Waals surface area contributed by atoms with Crippen molar-refractivity contribution in [3.8, 4) is 0 Å². The first-order valence-electron chi connectivity index (χ1n) is 4.99. The van der Waals surface area contributed by atoms with Gasteiger partial charge in [-0.1, -0.05) is 26.7 Å².